The van der Waals surface area contributed by atoms with Crippen LogP contribution < -0.4 is 5.69 Å². The number of carbonyl (C=O) groups excluding carboxylic acids is 1. The molecule has 1 aliphatic heterocycles. The predicted octanol–water partition coefficient (Wildman–Crippen LogP) is 4.54. The van der Waals surface area contributed by atoms with Gasteiger partial charge in [0.25, 0.3) is 0 Å². The summed E-state index contributed by atoms with van der Waals surface area (Å²) < 4.78 is 44.4. The maximum atomic E-state index is 13.6. The third-order valence-electron chi connectivity index (χ3n) is 7.48. The average molecular weight is 535 g/mol. The second-order valence-corrected chi connectivity index (χ2v) is 9.85. The number of aryl methyl sites for hydroxylation is 1. The molecule has 1 fully saturated rings. The first-order valence-electron chi connectivity index (χ1n) is 12.6. The molecule has 6 rings (SSSR count). The molecule has 3 aromatic heterocycles. The van der Waals surface area contributed by atoms with Gasteiger partial charge in [-0.05, 0) is 42.7 Å². The van der Waals surface area contributed by atoms with Gasteiger partial charge < -0.3 is 4.90 Å². The van der Waals surface area contributed by atoms with Gasteiger partial charge in [0.2, 0.25) is 5.91 Å². The van der Waals surface area contributed by atoms with Crippen molar-refractivity contribution in [3.8, 4) is 16.8 Å². The van der Waals surface area contributed by atoms with E-state index in [0.29, 0.717) is 16.7 Å². The number of likely N-dealkylation sites (tertiary alicyclic amines) is 1. The number of imidazole rings is 1. The van der Waals surface area contributed by atoms with Crippen molar-refractivity contribution in [2.45, 2.75) is 25.6 Å². The number of alkyl halides is 3. The van der Waals surface area contributed by atoms with Crippen LogP contribution in [-0.2, 0) is 18.4 Å². The van der Waals surface area contributed by atoms with Crippen LogP contribution in [0.15, 0.2) is 71.9 Å². The Morgan fingerprint density at radius 3 is 2.49 bits per heavy atom. The van der Waals surface area contributed by atoms with Crippen LogP contribution >= 0.6 is 0 Å². The predicted molar refractivity (Wildman–Crippen MR) is 140 cm³/mol. The summed E-state index contributed by atoms with van der Waals surface area (Å²) in [5.74, 6) is -2.04. The zero-order valence-corrected chi connectivity index (χ0v) is 21.1. The summed E-state index contributed by atoms with van der Waals surface area (Å²) in [5, 5.41) is 5.27. The fraction of sp³-hybridized carbons (Fsp3) is 0.286. The minimum atomic E-state index is -4.35. The zero-order chi connectivity index (χ0) is 27.3. The van der Waals surface area contributed by atoms with Crippen LogP contribution in [0.25, 0.3) is 38.8 Å². The Morgan fingerprint density at radius 2 is 1.74 bits per heavy atom. The molecular weight excluding hydrogens is 509 g/mol. The lowest BCUT2D eigenvalue weighted by atomic mass is 9.97. The summed E-state index contributed by atoms with van der Waals surface area (Å²) in [6.45, 7) is -0.460. The van der Waals surface area contributed by atoms with E-state index in [1.165, 1.54) is 14.0 Å². The Kier molecular flexibility index (Phi) is 6.00. The van der Waals surface area contributed by atoms with E-state index < -0.39 is 23.7 Å². The first kappa shape index (κ1) is 24.9. The molecule has 1 amide bonds. The Morgan fingerprint density at radius 1 is 1.00 bits per heavy atom. The summed E-state index contributed by atoms with van der Waals surface area (Å²) in [6.07, 6.45) is 1.25. The minimum absolute atomic E-state index is 0.00782. The van der Waals surface area contributed by atoms with Gasteiger partial charge in [-0.1, -0.05) is 24.3 Å². The normalized spacial score (nSPS) is 16.3. The molecule has 1 aliphatic rings. The average Bonchev–Trinajstić information content (AvgIpc) is 3.45. The van der Waals surface area contributed by atoms with Crippen molar-refractivity contribution >= 4 is 27.8 Å². The number of piperidine rings is 1. The number of hydrogen-bond donors (Lipinski definition) is 0. The molecule has 2 aromatic carbocycles. The highest BCUT2D eigenvalue weighted by Crippen LogP contribution is 2.33. The van der Waals surface area contributed by atoms with E-state index in [4.69, 9.17) is 0 Å². The van der Waals surface area contributed by atoms with Crippen molar-refractivity contribution in [1.29, 1.82) is 0 Å². The Hall–Kier alpha value is -4.41. The third kappa shape index (κ3) is 4.37. The SMILES string of the molecule is Cn1ncc2c(-c3ccc(-n4c(=O)n(CC(=O)N5CCC[C@H](C(F)(F)F)C5)c5ccccc54)cc3)cncc21. The fourth-order valence-corrected chi connectivity index (χ4v) is 5.40. The van der Waals surface area contributed by atoms with Crippen LogP contribution in [0.3, 0.4) is 0 Å². The van der Waals surface area contributed by atoms with E-state index in [2.05, 4.69) is 10.1 Å². The molecule has 0 N–H and O–H groups in total. The number of carbonyl (C=O) groups is 1. The van der Waals surface area contributed by atoms with Gasteiger partial charge in [-0.15, -0.1) is 0 Å². The first-order valence-corrected chi connectivity index (χ1v) is 12.6. The van der Waals surface area contributed by atoms with Gasteiger partial charge in [0.15, 0.2) is 0 Å². The molecule has 5 aromatic rings. The summed E-state index contributed by atoms with van der Waals surface area (Å²) in [4.78, 5) is 32.2. The maximum Gasteiger partial charge on any atom is 0.393 e. The van der Waals surface area contributed by atoms with Crippen molar-refractivity contribution in [1.82, 2.24) is 28.8 Å². The van der Waals surface area contributed by atoms with Gasteiger partial charge in [0.1, 0.15) is 6.54 Å². The molecule has 200 valence electrons. The van der Waals surface area contributed by atoms with Crippen molar-refractivity contribution < 1.29 is 18.0 Å². The molecule has 0 bridgehead atoms. The van der Waals surface area contributed by atoms with E-state index in [1.807, 2.05) is 31.3 Å². The number of pyridine rings is 1. The van der Waals surface area contributed by atoms with Crippen molar-refractivity contribution in [2.24, 2.45) is 13.0 Å². The second-order valence-electron chi connectivity index (χ2n) is 9.85. The maximum absolute atomic E-state index is 13.6. The van der Waals surface area contributed by atoms with Crippen molar-refractivity contribution in [3.05, 3.63) is 77.6 Å². The second kappa shape index (κ2) is 9.40. The van der Waals surface area contributed by atoms with Crippen LogP contribution in [0.4, 0.5) is 13.2 Å². The molecule has 0 spiro atoms. The molecule has 0 aliphatic carbocycles. The number of nitrogens with zero attached hydrogens (tertiary/aromatic N) is 6. The molecule has 8 nitrogen and oxygen atoms in total. The Balaban J connectivity index is 1.34. The third-order valence-corrected chi connectivity index (χ3v) is 7.48. The lowest BCUT2D eigenvalue weighted by Gasteiger charge is -2.33. The molecule has 39 heavy (non-hydrogen) atoms. The Labute approximate surface area is 220 Å². The number of rotatable bonds is 4. The van der Waals surface area contributed by atoms with E-state index in [1.54, 1.807) is 47.5 Å². The minimum Gasteiger partial charge on any atom is -0.341 e. The van der Waals surface area contributed by atoms with E-state index >= 15 is 0 Å². The highest BCUT2D eigenvalue weighted by atomic mass is 19.4. The number of para-hydroxylation sites is 2. The molecule has 0 saturated carbocycles. The quantitative estimate of drug-likeness (QED) is 0.339. The number of fused-ring (bicyclic) bond motifs is 2. The lowest BCUT2D eigenvalue weighted by molar-refractivity contribution is -0.188. The lowest BCUT2D eigenvalue weighted by Crippen LogP contribution is -2.46. The van der Waals surface area contributed by atoms with Crippen LogP contribution in [0.1, 0.15) is 12.8 Å². The van der Waals surface area contributed by atoms with Gasteiger partial charge in [-0.2, -0.15) is 18.3 Å². The highest BCUT2D eigenvalue weighted by molar-refractivity contribution is 5.93. The Bertz CT molecular complexity index is 1750. The summed E-state index contributed by atoms with van der Waals surface area (Å²) >= 11 is 0. The fourth-order valence-electron chi connectivity index (χ4n) is 5.40. The molecule has 4 heterocycles. The topological polar surface area (TPSA) is 78.0 Å². The van der Waals surface area contributed by atoms with E-state index in [0.717, 1.165) is 22.0 Å². The van der Waals surface area contributed by atoms with Crippen LogP contribution in [0, 0.1) is 5.92 Å². The summed E-state index contributed by atoms with van der Waals surface area (Å²) in [7, 11) is 1.85. The molecule has 0 radical (unpaired) electrons. The van der Waals surface area contributed by atoms with Crippen molar-refractivity contribution in [2.75, 3.05) is 13.1 Å². The number of aromatic nitrogens is 5. The first-order chi connectivity index (χ1) is 18.7. The van der Waals surface area contributed by atoms with Crippen LogP contribution in [0.2, 0.25) is 0 Å². The van der Waals surface area contributed by atoms with E-state index in [9.17, 15) is 22.8 Å². The monoisotopic (exact) mass is 534 g/mol. The molecule has 1 atom stereocenters. The van der Waals surface area contributed by atoms with Gasteiger partial charge in [-0.3, -0.25) is 23.6 Å². The molecule has 1 saturated heterocycles. The summed E-state index contributed by atoms with van der Waals surface area (Å²) in [6, 6.07) is 14.5. The van der Waals surface area contributed by atoms with Crippen LogP contribution in [-0.4, -0.2) is 54.0 Å². The molecule has 11 heteroatoms. The largest absolute Gasteiger partial charge is 0.393 e. The van der Waals surface area contributed by atoms with Crippen LogP contribution in [0.5, 0.6) is 0 Å². The van der Waals surface area contributed by atoms with Gasteiger partial charge >= 0.3 is 11.9 Å². The van der Waals surface area contributed by atoms with Gasteiger partial charge in [-0.25, -0.2) is 4.79 Å². The highest BCUT2D eigenvalue weighted by Gasteiger charge is 2.42. The molecule has 0 unspecified atom stereocenters. The standard InChI is InChI=1S/C28H25F3N6O2/c1-34-25-15-32-13-21(22(25)14-33-34)18-8-10-20(11-9-18)37-24-7-3-2-6-23(24)36(27(37)39)17-26(38)35-12-4-5-19(16-35)28(29,30)31/h2-3,6-11,13-15,19H,4-5,12,16-17H2,1H3/t19-/m0/s1. The van der Waals surface area contributed by atoms with Crippen molar-refractivity contribution in [3.63, 3.8) is 0 Å². The number of halogens is 3. The van der Waals surface area contributed by atoms with Gasteiger partial charge in [0.05, 0.1) is 40.5 Å². The zero-order valence-electron chi connectivity index (χ0n) is 21.1. The number of benzene rings is 2. The number of amides is 1. The van der Waals surface area contributed by atoms with E-state index in [-0.39, 0.29) is 32.5 Å². The smallest absolute Gasteiger partial charge is 0.341 e. The molecular formula is C28H25F3N6O2. The number of hydrogen-bond acceptors (Lipinski definition) is 4. The van der Waals surface area contributed by atoms with Gasteiger partial charge in [0, 0.05) is 37.3 Å². The summed E-state index contributed by atoms with van der Waals surface area (Å²) in [5.41, 5.74) is 4.02.